The second-order valence-electron chi connectivity index (χ2n) is 4.27. The topological polar surface area (TPSA) is 48.1 Å². The van der Waals surface area contributed by atoms with Gasteiger partial charge in [0.15, 0.2) is 5.01 Å². The number of nitrogens with zero attached hydrogens (tertiary/aromatic N) is 1. The molecular formula is C13H13F3N2OS. The number of alkyl halides is 3. The maximum absolute atomic E-state index is 12.5. The Morgan fingerprint density at radius 2 is 2.05 bits per heavy atom. The Labute approximate surface area is 118 Å². The fourth-order valence-electron chi connectivity index (χ4n) is 1.76. The van der Waals surface area contributed by atoms with Crippen LogP contribution in [0.4, 0.5) is 13.2 Å². The van der Waals surface area contributed by atoms with E-state index in [0.717, 1.165) is 5.56 Å². The molecule has 0 saturated heterocycles. The first kappa shape index (κ1) is 14.8. The second kappa shape index (κ2) is 5.41. The fourth-order valence-corrected chi connectivity index (χ4v) is 2.57. The zero-order chi connectivity index (χ0) is 14.9. The molecular weight excluding hydrogens is 289 g/mol. The monoisotopic (exact) mass is 302 g/mol. The molecule has 20 heavy (non-hydrogen) atoms. The SMILES string of the molecule is COc1cc(C(N)c2cnc(C(F)(F)F)s2)ccc1C. The summed E-state index contributed by atoms with van der Waals surface area (Å²) in [5, 5.41) is -0.887. The lowest BCUT2D eigenvalue weighted by Gasteiger charge is -2.12. The molecule has 1 atom stereocenters. The second-order valence-corrected chi connectivity index (χ2v) is 5.33. The average Bonchev–Trinajstić information content (AvgIpc) is 2.88. The molecule has 0 amide bonds. The van der Waals surface area contributed by atoms with Gasteiger partial charge in [-0.05, 0) is 24.1 Å². The van der Waals surface area contributed by atoms with Crippen molar-refractivity contribution in [2.24, 2.45) is 5.73 Å². The average molecular weight is 302 g/mol. The number of benzene rings is 1. The van der Waals surface area contributed by atoms with Crippen molar-refractivity contribution in [3.63, 3.8) is 0 Å². The van der Waals surface area contributed by atoms with Gasteiger partial charge in [-0.1, -0.05) is 12.1 Å². The molecule has 1 aromatic carbocycles. The van der Waals surface area contributed by atoms with Crippen LogP contribution in [0, 0.1) is 6.92 Å². The van der Waals surface area contributed by atoms with Crippen molar-refractivity contribution < 1.29 is 17.9 Å². The molecule has 0 bridgehead atoms. The van der Waals surface area contributed by atoms with E-state index in [9.17, 15) is 13.2 Å². The number of aromatic nitrogens is 1. The van der Waals surface area contributed by atoms with Crippen LogP contribution >= 0.6 is 11.3 Å². The molecule has 1 unspecified atom stereocenters. The summed E-state index contributed by atoms with van der Waals surface area (Å²) in [6.07, 6.45) is -3.27. The van der Waals surface area contributed by atoms with Gasteiger partial charge >= 0.3 is 6.18 Å². The van der Waals surface area contributed by atoms with Crippen molar-refractivity contribution in [2.75, 3.05) is 7.11 Å². The van der Waals surface area contributed by atoms with Gasteiger partial charge in [0, 0.05) is 11.1 Å². The number of thiazole rings is 1. The van der Waals surface area contributed by atoms with Crippen molar-refractivity contribution in [1.82, 2.24) is 4.98 Å². The summed E-state index contributed by atoms with van der Waals surface area (Å²) < 4.78 is 42.8. The van der Waals surface area contributed by atoms with Gasteiger partial charge in [-0.3, -0.25) is 0 Å². The molecule has 0 saturated carbocycles. The minimum absolute atomic E-state index is 0.364. The highest BCUT2D eigenvalue weighted by molar-refractivity contribution is 7.11. The summed E-state index contributed by atoms with van der Waals surface area (Å²) in [5.41, 5.74) is 7.61. The number of hydrogen-bond donors (Lipinski definition) is 1. The standard InChI is InChI=1S/C13H13F3N2OS/c1-7-3-4-8(5-9(7)19-2)11(17)10-6-18-12(20-10)13(14,15)16/h3-6,11H,17H2,1-2H3. The van der Waals surface area contributed by atoms with E-state index in [4.69, 9.17) is 10.5 Å². The third kappa shape index (κ3) is 2.94. The third-order valence-electron chi connectivity index (χ3n) is 2.86. The van der Waals surface area contributed by atoms with Gasteiger partial charge in [0.1, 0.15) is 5.75 Å². The maximum Gasteiger partial charge on any atom is 0.443 e. The first-order valence-corrected chi connectivity index (χ1v) is 6.57. The predicted octanol–water partition coefficient (Wildman–Crippen LogP) is 3.53. The number of aryl methyl sites for hydroxylation is 1. The first-order valence-electron chi connectivity index (χ1n) is 5.76. The van der Waals surface area contributed by atoms with Crippen molar-refractivity contribution in [3.8, 4) is 5.75 Å². The molecule has 0 fully saturated rings. The Morgan fingerprint density at radius 3 is 2.60 bits per heavy atom. The molecule has 0 aliphatic rings. The van der Waals surface area contributed by atoms with Gasteiger partial charge in [-0.25, -0.2) is 4.98 Å². The highest BCUT2D eigenvalue weighted by Crippen LogP contribution is 2.35. The largest absolute Gasteiger partial charge is 0.496 e. The molecule has 1 aromatic heterocycles. The molecule has 0 aliphatic carbocycles. The summed E-state index contributed by atoms with van der Waals surface area (Å²) in [4.78, 5) is 3.74. The fraction of sp³-hybridized carbons (Fsp3) is 0.308. The number of methoxy groups -OCH3 is 1. The summed E-state index contributed by atoms with van der Waals surface area (Å²) >= 11 is 0.558. The summed E-state index contributed by atoms with van der Waals surface area (Å²) in [6, 6.07) is 4.67. The lowest BCUT2D eigenvalue weighted by atomic mass is 10.0. The van der Waals surface area contributed by atoms with Crippen molar-refractivity contribution in [1.29, 1.82) is 0 Å². The Balaban J connectivity index is 2.31. The van der Waals surface area contributed by atoms with Gasteiger partial charge in [-0.15, -0.1) is 11.3 Å². The van der Waals surface area contributed by atoms with E-state index in [1.807, 2.05) is 13.0 Å². The molecule has 2 N–H and O–H groups in total. The molecule has 0 aliphatic heterocycles. The van der Waals surface area contributed by atoms with Crippen molar-refractivity contribution in [2.45, 2.75) is 19.1 Å². The molecule has 3 nitrogen and oxygen atoms in total. The van der Waals surface area contributed by atoms with Crippen molar-refractivity contribution in [3.05, 3.63) is 45.4 Å². The molecule has 108 valence electrons. The highest BCUT2D eigenvalue weighted by atomic mass is 32.1. The predicted molar refractivity (Wildman–Crippen MR) is 70.9 cm³/mol. The van der Waals surface area contributed by atoms with E-state index < -0.39 is 17.2 Å². The van der Waals surface area contributed by atoms with Gasteiger partial charge in [-0.2, -0.15) is 13.2 Å². The summed E-state index contributed by atoms with van der Waals surface area (Å²) in [6.45, 7) is 1.88. The number of nitrogens with two attached hydrogens (primary N) is 1. The Kier molecular flexibility index (Phi) is 4.01. The lowest BCUT2D eigenvalue weighted by Crippen LogP contribution is -2.10. The van der Waals surface area contributed by atoms with E-state index in [1.54, 1.807) is 12.1 Å². The third-order valence-corrected chi connectivity index (χ3v) is 3.99. The van der Waals surface area contributed by atoms with Crippen LogP contribution in [0.1, 0.15) is 27.1 Å². The molecule has 0 spiro atoms. The first-order chi connectivity index (χ1) is 9.32. The van der Waals surface area contributed by atoms with Crippen LogP contribution in [0.3, 0.4) is 0 Å². The normalized spacial score (nSPS) is 13.3. The van der Waals surface area contributed by atoms with Crippen molar-refractivity contribution >= 4 is 11.3 Å². The van der Waals surface area contributed by atoms with E-state index in [0.29, 0.717) is 27.5 Å². The zero-order valence-electron chi connectivity index (χ0n) is 10.9. The Hall–Kier alpha value is -1.60. The van der Waals surface area contributed by atoms with Crippen LogP contribution in [0.2, 0.25) is 0 Å². The van der Waals surface area contributed by atoms with E-state index in [2.05, 4.69) is 4.98 Å². The van der Waals surface area contributed by atoms with Gasteiger partial charge in [0.05, 0.1) is 13.2 Å². The minimum atomic E-state index is -4.44. The minimum Gasteiger partial charge on any atom is -0.496 e. The quantitative estimate of drug-likeness (QED) is 0.943. The van der Waals surface area contributed by atoms with Crippen LogP contribution in [0.5, 0.6) is 5.75 Å². The van der Waals surface area contributed by atoms with Crippen LogP contribution in [-0.4, -0.2) is 12.1 Å². The Morgan fingerprint density at radius 1 is 1.35 bits per heavy atom. The number of halogens is 3. The maximum atomic E-state index is 12.5. The molecule has 2 rings (SSSR count). The van der Waals surface area contributed by atoms with E-state index in [-0.39, 0.29) is 0 Å². The highest BCUT2D eigenvalue weighted by Gasteiger charge is 2.35. The number of rotatable bonds is 3. The van der Waals surface area contributed by atoms with E-state index >= 15 is 0 Å². The van der Waals surface area contributed by atoms with E-state index in [1.165, 1.54) is 13.3 Å². The van der Waals surface area contributed by atoms with Gasteiger partial charge in [0.2, 0.25) is 0 Å². The summed E-state index contributed by atoms with van der Waals surface area (Å²) in [7, 11) is 1.53. The molecule has 1 heterocycles. The number of ether oxygens (including phenoxy) is 1. The number of hydrogen-bond acceptors (Lipinski definition) is 4. The van der Waals surface area contributed by atoms with Crippen LogP contribution in [-0.2, 0) is 6.18 Å². The van der Waals surface area contributed by atoms with Crippen LogP contribution in [0.15, 0.2) is 24.4 Å². The lowest BCUT2D eigenvalue weighted by molar-refractivity contribution is -0.137. The Bertz CT molecular complexity index is 610. The van der Waals surface area contributed by atoms with Crippen LogP contribution < -0.4 is 10.5 Å². The zero-order valence-corrected chi connectivity index (χ0v) is 11.7. The molecule has 7 heteroatoms. The van der Waals surface area contributed by atoms with Gasteiger partial charge < -0.3 is 10.5 Å². The smallest absolute Gasteiger partial charge is 0.443 e. The van der Waals surface area contributed by atoms with Gasteiger partial charge in [0.25, 0.3) is 0 Å². The van der Waals surface area contributed by atoms with Crippen LogP contribution in [0.25, 0.3) is 0 Å². The molecule has 0 radical (unpaired) electrons. The molecule has 2 aromatic rings. The summed E-state index contributed by atoms with van der Waals surface area (Å²) in [5.74, 6) is 0.651.